The molecule has 0 bridgehead atoms. The van der Waals surface area contributed by atoms with Crippen molar-refractivity contribution in [1.29, 1.82) is 0 Å². The number of esters is 1. The van der Waals surface area contributed by atoms with E-state index in [-0.39, 0.29) is 12.6 Å². The number of benzene rings is 1. The van der Waals surface area contributed by atoms with E-state index < -0.39 is 0 Å². The molecule has 0 aliphatic carbocycles. The van der Waals surface area contributed by atoms with Crippen LogP contribution in [-0.2, 0) is 22.6 Å². The highest BCUT2D eigenvalue weighted by Crippen LogP contribution is 2.11. The molecule has 1 aromatic carbocycles. The van der Waals surface area contributed by atoms with Crippen molar-refractivity contribution >= 4 is 5.97 Å². The minimum absolute atomic E-state index is 0.150. The summed E-state index contributed by atoms with van der Waals surface area (Å²) in [7, 11) is 1.96. The number of hydrogen-bond acceptors (Lipinski definition) is 5. The van der Waals surface area contributed by atoms with Gasteiger partial charge in [0.15, 0.2) is 0 Å². The zero-order valence-electron chi connectivity index (χ0n) is 12.4. The summed E-state index contributed by atoms with van der Waals surface area (Å²) in [6.07, 6.45) is 3.93. The van der Waals surface area contributed by atoms with Crippen molar-refractivity contribution in [2.45, 2.75) is 26.4 Å². The largest absolute Gasteiger partial charge is 0.459 e. The van der Waals surface area contributed by atoms with E-state index in [1.807, 2.05) is 19.2 Å². The van der Waals surface area contributed by atoms with Crippen LogP contribution >= 0.6 is 0 Å². The molecule has 112 valence electrons. The van der Waals surface area contributed by atoms with Crippen LogP contribution in [0.5, 0.6) is 0 Å². The van der Waals surface area contributed by atoms with E-state index >= 15 is 0 Å². The topological polar surface area (TPSA) is 69.0 Å². The molecule has 0 atom stereocenters. The van der Waals surface area contributed by atoms with Crippen LogP contribution in [0.25, 0.3) is 5.69 Å². The zero-order valence-corrected chi connectivity index (χ0v) is 12.4. The maximum Gasteiger partial charge on any atom is 0.303 e. The molecule has 1 heterocycles. The summed E-state index contributed by atoms with van der Waals surface area (Å²) in [4.78, 5) is 10.8. The number of nitrogens with zero attached hydrogens (tertiary/aromatic N) is 3. The van der Waals surface area contributed by atoms with Crippen LogP contribution in [0.1, 0.15) is 24.6 Å². The summed E-state index contributed by atoms with van der Waals surface area (Å²) in [5.74, 6) is -0.324. The fourth-order valence-electron chi connectivity index (χ4n) is 1.95. The van der Waals surface area contributed by atoms with E-state index in [4.69, 9.17) is 4.74 Å². The van der Waals surface area contributed by atoms with Crippen molar-refractivity contribution in [1.82, 2.24) is 20.3 Å². The Bertz CT molecular complexity index is 578. The molecular weight excluding hydrogens is 268 g/mol. The molecule has 0 saturated carbocycles. The maximum atomic E-state index is 10.8. The van der Waals surface area contributed by atoms with Gasteiger partial charge in [-0.05, 0) is 44.1 Å². The highest BCUT2D eigenvalue weighted by atomic mass is 16.5. The van der Waals surface area contributed by atoms with Crippen LogP contribution in [0.2, 0.25) is 0 Å². The van der Waals surface area contributed by atoms with Gasteiger partial charge in [-0.15, -0.1) is 5.10 Å². The number of aromatic nitrogens is 3. The van der Waals surface area contributed by atoms with E-state index in [2.05, 4.69) is 27.8 Å². The Hall–Kier alpha value is -2.21. The van der Waals surface area contributed by atoms with Gasteiger partial charge in [-0.2, -0.15) is 0 Å². The second-order valence-electron chi connectivity index (χ2n) is 4.81. The first-order valence-electron chi connectivity index (χ1n) is 6.97. The maximum absolute atomic E-state index is 10.8. The van der Waals surface area contributed by atoms with Gasteiger partial charge >= 0.3 is 5.97 Å². The summed E-state index contributed by atoms with van der Waals surface area (Å²) < 4.78 is 6.57. The van der Waals surface area contributed by atoms with Crippen molar-refractivity contribution in [3.63, 3.8) is 0 Å². The van der Waals surface area contributed by atoms with Gasteiger partial charge in [-0.3, -0.25) is 4.79 Å². The second kappa shape index (κ2) is 7.54. The first-order chi connectivity index (χ1) is 10.2. The SMILES string of the molecule is CNCCCc1ccc(-n2cc(COC(C)=O)nn2)cc1. The standard InChI is InChI=1S/C15H20N4O2/c1-12(20)21-11-14-10-19(18-17-14)15-7-5-13(6-8-15)4-3-9-16-2/h5-8,10,16H,3-4,9,11H2,1-2H3. The third-order valence-electron chi connectivity index (χ3n) is 3.06. The molecule has 0 aliphatic heterocycles. The minimum Gasteiger partial charge on any atom is -0.459 e. The van der Waals surface area contributed by atoms with Gasteiger partial charge in [0.2, 0.25) is 0 Å². The Morgan fingerprint density at radius 1 is 1.33 bits per heavy atom. The van der Waals surface area contributed by atoms with Gasteiger partial charge in [0.25, 0.3) is 0 Å². The van der Waals surface area contributed by atoms with Gasteiger partial charge in [-0.25, -0.2) is 4.68 Å². The molecule has 6 heteroatoms. The number of carbonyl (C=O) groups is 1. The molecule has 1 aromatic heterocycles. The van der Waals surface area contributed by atoms with Crippen LogP contribution in [0.15, 0.2) is 30.5 Å². The van der Waals surface area contributed by atoms with E-state index in [0.29, 0.717) is 5.69 Å². The quantitative estimate of drug-likeness (QED) is 0.617. The lowest BCUT2D eigenvalue weighted by Gasteiger charge is -2.04. The highest BCUT2D eigenvalue weighted by Gasteiger charge is 2.04. The lowest BCUT2D eigenvalue weighted by molar-refractivity contribution is -0.142. The molecular formula is C15H20N4O2. The number of carbonyl (C=O) groups excluding carboxylic acids is 1. The Morgan fingerprint density at radius 2 is 2.10 bits per heavy atom. The Kier molecular flexibility index (Phi) is 5.45. The number of nitrogens with one attached hydrogen (secondary N) is 1. The summed E-state index contributed by atoms with van der Waals surface area (Å²) in [6, 6.07) is 8.22. The van der Waals surface area contributed by atoms with Crippen molar-refractivity contribution in [3.8, 4) is 5.69 Å². The van der Waals surface area contributed by atoms with Crippen LogP contribution in [0.4, 0.5) is 0 Å². The van der Waals surface area contributed by atoms with E-state index in [9.17, 15) is 4.79 Å². The Morgan fingerprint density at radius 3 is 2.76 bits per heavy atom. The van der Waals surface area contributed by atoms with E-state index in [1.54, 1.807) is 10.9 Å². The lowest BCUT2D eigenvalue weighted by Crippen LogP contribution is -2.08. The molecule has 2 rings (SSSR count). The molecule has 0 aliphatic rings. The summed E-state index contributed by atoms with van der Waals surface area (Å²) in [6.45, 7) is 2.54. The van der Waals surface area contributed by atoms with Crippen molar-refractivity contribution in [3.05, 3.63) is 41.7 Å². The first-order valence-corrected chi connectivity index (χ1v) is 6.97. The molecule has 0 fully saturated rings. The Labute approximate surface area is 124 Å². The number of rotatable bonds is 7. The summed E-state index contributed by atoms with van der Waals surface area (Å²) >= 11 is 0. The van der Waals surface area contributed by atoms with Gasteiger partial charge in [0, 0.05) is 6.92 Å². The van der Waals surface area contributed by atoms with Crippen LogP contribution in [-0.4, -0.2) is 34.6 Å². The first kappa shape index (κ1) is 15.2. The molecule has 2 aromatic rings. The smallest absolute Gasteiger partial charge is 0.303 e. The zero-order chi connectivity index (χ0) is 15.1. The molecule has 0 saturated heterocycles. The molecule has 21 heavy (non-hydrogen) atoms. The average molecular weight is 288 g/mol. The normalized spacial score (nSPS) is 10.6. The predicted molar refractivity (Wildman–Crippen MR) is 79.1 cm³/mol. The second-order valence-corrected chi connectivity index (χ2v) is 4.81. The third-order valence-corrected chi connectivity index (χ3v) is 3.06. The highest BCUT2D eigenvalue weighted by molar-refractivity contribution is 5.65. The molecule has 0 radical (unpaired) electrons. The third kappa shape index (κ3) is 4.68. The lowest BCUT2D eigenvalue weighted by atomic mass is 10.1. The average Bonchev–Trinajstić information content (AvgIpc) is 2.95. The van der Waals surface area contributed by atoms with Crippen molar-refractivity contribution in [2.75, 3.05) is 13.6 Å². The summed E-state index contributed by atoms with van der Waals surface area (Å²) in [5, 5.41) is 11.1. The number of ether oxygens (including phenoxy) is 1. The van der Waals surface area contributed by atoms with Gasteiger partial charge in [0.05, 0.1) is 11.9 Å². The van der Waals surface area contributed by atoms with Gasteiger partial charge < -0.3 is 10.1 Å². The van der Waals surface area contributed by atoms with Crippen LogP contribution in [0, 0.1) is 0 Å². The molecule has 1 N–H and O–H groups in total. The molecule has 0 unspecified atom stereocenters. The fourth-order valence-corrected chi connectivity index (χ4v) is 1.95. The predicted octanol–water partition coefficient (Wildman–Crippen LogP) is 1.48. The minimum atomic E-state index is -0.324. The molecule has 6 nitrogen and oxygen atoms in total. The van der Waals surface area contributed by atoms with Crippen molar-refractivity contribution in [2.24, 2.45) is 0 Å². The van der Waals surface area contributed by atoms with Gasteiger partial charge in [-0.1, -0.05) is 17.3 Å². The van der Waals surface area contributed by atoms with E-state index in [0.717, 1.165) is 25.1 Å². The van der Waals surface area contributed by atoms with Crippen molar-refractivity contribution < 1.29 is 9.53 Å². The summed E-state index contributed by atoms with van der Waals surface area (Å²) in [5.41, 5.74) is 2.87. The fraction of sp³-hybridized carbons (Fsp3) is 0.400. The molecule has 0 spiro atoms. The Balaban J connectivity index is 1.96. The van der Waals surface area contributed by atoms with Gasteiger partial charge in [0.1, 0.15) is 12.3 Å². The monoisotopic (exact) mass is 288 g/mol. The van der Waals surface area contributed by atoms with E-state index in [1.165, 1.54) is 12.5 Å². The number of hydrogen-bond donors (Lipinski definition) is 1. The number of aryl methyl sites for hydroxylation is 1. The van der Waals surface area contributed by atoms with Crippen LogP contribution < -0.4 is 5.32 Å². The molecule has 0 amide bonds. The van der Waals surface area contributed by atoms with Crippen LogP contribution in [0.3, 0.4) is 0 Å².